The summed E-state index contributed by atoms with van der Waals surface area (Å²) in [5, 5.41) is 5.56. The van der Waals surface area contributed by atoms with E-state index in [0.717, 1.165) is 5.56 Å². The van der Waals surface area contributed by atoms with Crippen LogP contribution in [0.2, 0.25) is 0 Å². The molecule has 0 aliphatic carbocycles. The normalized spacial score (nSPS) is 22.2. The molecule has 0 saturated carbocycles. The number of carbonyl (C=O) groups is 2. The summed E-state index contributed by atoms with van der Waals surface area (Å²) in [7, 11) is -2.41. The van der Waals surface area contributed by atoms with Crippen LogP contribution < -0.4 is 10.4 Å². The second-order valence-electron chi connectivity index (χ2n) is 6.81. The van der Waals surface area contributed by atoms with Gasteiger partial charge in [-0.05, 0) is 0 Å². The number of ether oxygens (including phenoxy) is 1. The van der Waals surface area contributed by atoms with Crippen LogP contribution in [0.5, 0.6) is 0 Å². The molecule has 1 aromatic carbocycles. The average molecular weight is 386 g/mol. The van der Waals surface area contributed by atoms with E-state index in [1.54, 1.807) is 0 Å². The minimum absolute atomic E-state index is 0.0693. The number of nitrogens with one attached hydrogen (secondary N) is 2. The molecule has 1 saturated heterocycles. The summed E-state index contributed by atoms with van der Waals surface area (Å²) in [6.45, 7) is 4.32. The number of carbonyl (C=O) groups excluding carboxylic acids is 2. The summed E-state index contributed by atoms with van der Waals surface area (Å²) >= 11 is 0. The molecule has 1 heterocycles. The predicted molar refractivity (Wildman–Crippen MR) is 98.1 cm³/mol. The molecule has 0 unspecified atom stereocenters. The Morgan fingerprint density at radius 2 is 2.04 bits per heavy atom. The van der Waals surface area contributed by atoms with E-state index in [0.29, 0.717) is 6.54 Å². The summed E-state index contributed by atoms with van der Waals surface area (Å²) in [6.07, 6.45) is -0.825. The maximum atomic E-state index is 12.5. The third-order valence-corrected chi connectivity index (χ3v) is 5.79. The SMILES string of the molecule is COC(=O)CCNC(=O)[C@@H]1O[PH](O)(NCc2ccccc2)OCC1(C)C. The Morgan fingerprint density at radius 3 is 2.69 bits per heavy atom. The molecule has 0 spiro atoms. The molecule has 1 amide bonds. The maximum absolute atomic E-state index is 12.5. The van der Waals surface area contributed by atoms with E-state index in [-0.39, 0.29) is 19.6 Å². The van der Waals surface area contributed by atoms with Gasteiger partial charge in [0.05, 0.1) is 0 Å². The topological polar surface area (TPSA) is 106 Å². The molecule has 0 radical (unpaired) electrons. The molecule has 1 aliphatic heterocycles. The first kappa shape index (κ1) is 20.7. The molecule has 2 rings (SSSR count). The minimum atomic E-state index is -3.70. The Balaban J connectivity index is 1.95. The Morgan fingerprint density at radius 1 is 1.35 bits per heavy atom. The van der Waals surface area contributed by atoms with Gasteiger partial charge in [0.2, 0.25) is 0 Å². The Hall–Kier alpha value is -1.57. The molecule has 0 aromatic heterocycles. The molecule has 1 aromatic rings. The van der Waals surface area contributed by atoms with Crippen molar-refractivity contribution >= 4 is 20.0 Å². The fourth-order valence-electron chi connectivity index (χ4n) is 2.51. The summed E-state index contributed by atoms with van der Waals surface area (Å²) in [6, 6.07) is 9.52. The van der Waals surface area contributed by atoms with Crippen molar-refractivity contribution in [3.63, 3.8) is 0 Å². The zero-order valence-corrected chi connectivity index (χ0v) is 16.3. The van der Waals surface area contributed by atoms with Crippen LogP contribution >= 0.6 is 8.09 Å². The van der Waals surface area contributed by atoms with E-state index in [1.165, 1.54) is 7.11 Å². The van der Waals surface area contributed by atoms with Crippen molar-refractivity contribution in [3.05, 3.63) is 35.9 Å². The van der Waals surface area contributed by atoms with Gasteiger partial charge in [-0.1, -0.05) is 0 Å². The van der Waals surface area contributed by atoms with Gasteiger partial charge >= 0.3 is 153 Å². The van der Waals surface area contributed by atoms with Crippen molar-refractivity contribution in [2.75, 3.05) is 20.3 Å². The van der Waals surface area contributed by atoms with Gasteiger partial charge in [-0.15, -0.1) is 0 Å². The molecule has 3 N–H and O–H groups in total. The van der Waals surface area contributed by atoms with Crippen LogP contribution in [0.1, 0.15) is 25.8 Å². The zero-order chi connectivity index (χ0) is 19.2. The van der Waals surface area contributed by atoms with Gasteiger partial charge in [0.1, 0.15) is 0 Å². The fraction of sp³-hybridized carbons (Fsp3) is 0.529. The van der Waals surface area contributed by atoms with Crippen LogP contribution in [-0.2, 0) is 29.9 Å². The molecule has 1 aliphatic rings. The molecule has 1 fully saturated rings. The Labute approximate surface area is 153 Å². The van der Waals surface area contributed by atoms with E-state index in [9.17, 15) is 14.5 Å². The molecule has 1 atom stereocenters. The molecule has 9 heteroatoms. The second kappa shape index (κ2) is 8.88. The van der Waals surface area contributed by atoms with E-state index in [1.807, 2.05) is 44.2 Å². The first-order valence-corrected chi connectivity index (χ1v) is 10.2. The number of benzene rings is 1. The number of amides is 1. The third kappa shape index (κ3) is 5.72. The van der Waals surface area contributed by atoms with Crippen LogP contribution in [0, 0.1) is 5.41 Å². The summed E-state index contributed by atoms with van der Waals surface area (Å²) in [5.41, 5.74) is 0.341. The van der Waals surface area contributed by atoms with Gasteiger partial charge in [-0.3, -0.25) is 0 Å². The summed E-state index contributed by atoms with van der Waals surface area (Å²) in [4.78, 5) is 34.3. The summed E-state index contributed by atoms with van der Waals surface area (Å²) in [5.74, 6) is -0.803. The number of hydrogen-bond donors (Lipinski definition) is 3. The molecule has 26 heavy (non-hydrogen) atoms. The third-order valence-electron chi connectivity index (χ3n) is 4.08. The van der Waals surface area contributed by atoms with Gasteiger partial charge in [-0.2, -0.15) is 0 Å². The molecule has 0 bridgehead atoms. The standard InChI is InChI=1S/C17H27N2O6P/c1-17(2)12-24-26(22,19-11-13-7-5-4-6-8-13)25-15(17)16(21)18-10-9-14(20)23-3/h4-8,15,19,22,26H,9-12H2,1-3H3,(H,18,21)/t15-/m0/s1. The fourth-order valence-corrected chi connectivity index (χ4v) is 4.50. The summed E-state index contributed by atoms with van der Waals surface area (Å²) < 4.78 is 15.8. The molecular formula is C17H27N2O6P. The predicted octanol–water partition coefficient (Wildman–Crippen LogP) is 1.30. The van der Waals surface area contributed by atoms with E-state index in [4.69, 9.17) is 9.05 Å². The molecular weight excluding hydrogens is 359 g/mol. The van der Waals surface area contributed by atoms with Crippen molar-refractivity contribution < 1.29 is 28.3 Å². The van der Waals surface area contributed by atoms with Gasteiger partial charge in [-0.25, -0.2) is 0 Å². The monoisotopic (exact) mass is 386 g/mol. The van der Waals surface area contributed by atoms with Crippen LogP contribution in [0.3, 0.4) is 0 Å². The van der Waals surface area contributed by atoms with Crippen molar-refractivity contribution in [1.82, 2.24) is 10.4 Å². The van der Waals surface area contributed by atoms with Crippen molar-refractivity contribution in [3.8, 4) is 0 Å². The second-order valence-corrected chi connectivity index (χ2v) is 8.85. The van der Waals surface area contributed by atoms with Gasteiger partial charge in [0.25, 0.3) is 0 Å². The number of hydrogen-bond acceptors (Lipinski definition) is 7. The van der Waals surface area contributed by atoms with Gasteiger partial charge in [0.15, 0.2) is 0 Å². The van der Waals surface area contributed by atoms with E-state index < -0.39 is 31.5 Å². The van der Waals surface area contributed by atoms with Crippen LogP contribution in [0.4, 0.5) is 0 Å². The number of rotatable bonds is 7. The molecule has 8 nitrogen and oxygen atoms in total. The first-order chi connectivity index (χ1) is 12.3. The molecule has 146 valence electrons. The van der Waals surface area contributed by atoms with Crippen molar-refractivity contribution in [2.45, 2.75) is 32.9 Å². The van der Waals surface area contributed by atoms with Crippen molar-refractivity contribution in [2.24, 2.45) is 5.41 Å². The van der Waals surface area contributed by atoms with Gasteiger partial charge in [0, 0.05) is 0 Å². The van der Waals surface area contributed by atoms with Crippen LogP contribution in [0.25, 0.3) is 0 Å². The zero-order valence-electron chi connectivity index (χ0n) is 15.3. The average Bonchev–Trinajstić information content (AvgIpc) is 2.63. The number of esters is 1. The van der Waals surface area contributed by atoms with Crippen molar-refractivity contribution in [1.29, 1.82) is 0 Å². The Bertz CT molecular complexity index is 627. The van der Waals surface area contributed by atoms with Gasteiger partial charge < -0.3 is 0 Å². The Kier molecular flexibility index (Phi) is 7.08. The van der Waals surface area contributed by atoms with Crippen LogP contribution in [0.15, 0.2) is 30.3 Å². The quantitative estimate of drug-likeness (QED) is 0.479. The van der Waals surface area contributed by atoms with Crippen LogP contribution in [-0.4, -0.2) is 43.1 Å². The van der Waals surface area contributed by atoms with E-state index >= 15 is 0 Å². The number of methoxy groups -OCH3 is 1. The first-order valence-electron chi connectivity index (χ1n) is 8.43. The van der Waals surface area contributed by atoms with E-state index in [2.05, 4.69) is 15.1 Å².